The van der Waals surface area contributed by atoms with Crippen LogP contribution in [0.25, 0.3) is 0 Å². The molecule has 5 N–H and O–H groups in total. The van der Waals surface area contributed by atoms with Gasteiger partial charge in [0, 0.05) is 19.4 Å². The number of ether oxygens (including phenoxy) is 1. The number of aromatic hydroxyl groups is 1. The van der Waals surface area contributed by atoms with E-state index in [0.717, 1.165) is 0 Å². The number of benzene rings is 1. The zero-order valence-electron chi connectivity index (χ0n) is 10.2. The summed E-state index contributed by atoms with van der Waals surface area (Å²) in [6.07, 6.45) is 0.387. The fraction of sp³-hybridized carbons (Fsp3) is 0.417. The molecule has 100 valence electrons. The van der Waals surface area contributed by atoms with Crippen LogP contribution in [0.1, 0.15) is 16.8 Å². The Kier molecular flexibility index (Phi) is 5.41. The second-order valence-electron chi connectivity index (χ2n) is 3.91. The Morgan fingerprint density at radius 2 is 2.28 bits per heavy atom. The van der Waals surface area contributed by atoms with Crippen LogP contribution in [0, 0.1) is 0 Å². The number of phenolic OH excluding ortho intramolecular Hbond substituents is 1. The van der Waals surface area contributed by atoms with Crippen LogP contribution in [0.15, 0.2) is 18.2 Å². The third-order valence-corrected chi connectivity index (χ3v) is 2.46. The summed E-state index contributed by atoms with van der Waals surface area (Å²) in [5.41, 5.74) is 6.15. The standard InChI is InChI=1S/C12H18N2O4/c1-18-7-8(4-5-15)14-12(17)10-6-9(16)2-3-11(10)13/h2-3,6,8,15-16H,4-5,7,13H2,1H3,(H,14,17). The van der Waals surface area contributed by atoms with E-state index in [2.05, 4.69) is 5.32 Å². The van der Waals surface area contributed by atoms with Crippen molar-refractivity contribution in [3.63, 3.8) is 0 Å². The molecule has 1 atom stereocenters. The van der Waals surface area contributed by atoms with Gasteiger partial charge in [0.15, 0.2) is 0 Å². The molecular weight excluding hydrogens is 236 g/mol. The van der Waals surface area contributed by atoms with Crippen molar-refractivity contribution in [3.05, 3.63) is 23.8 Å². The second kappa shape index (κ2) is 6.83. The van der Waals surface area contributed by atoms with Crippen molar-refractivity contribution in [2.75, 3.05) is 26.1 Å². The van der Waals surface area contributed by atoms with Gasteiger partial charge in [-0.1, -0.05) is 0 Å². The van der Waals surface area contributed by atoms with Gasteiger partial charge in [0.2, 0.25) is 0 Å². The number of nitrogens with one attached hydrogen (secondary N) is 1. The zero-order valence-corrected chi connectivity index (χ0v) is 10.2. The molecule has 0 bridgehead atoms. The quantitative estimate of drug-likeness (QED) is 0.426. The molecule has 6 nitrogen and oxygen atoms in total. The summed E-state index contributed by atoms with van der Waals surface area (Å²) in [5, 5.41) is 20.9. The first-order valence-electron chi connectivity index (χ1n) is 5.57. The molecule has 0 aliphatic heterocycles. The minimum absolute atomic E-state index is 0.0280. The minimum Gasteiger partial charge on any atom is -0.508 e. The molecule has 1 rings (SSSR count). The second-order valence-corrected chi connectivity index (χ2v) is 3.91. The van der Waals surface area contributed by atoms with Gasteiger partial charge >= 0.3 is 0 Å². The van der Waals surface area contributed by atoms with Crippen molar-refractivity contribution >= 4 is 11.6 Å². The van der Waals surface area contributed by atoms with Gasteiger partial charge < -0.3 is 26.0 Å². The van der Waals surface area contributed by atoms with Gasteiger partial charge in [-0.25, -0.2) is 0 Å². The molecule has 0 spiro atoms. The normalized spacial score (nSPS) is 12.1. The molecule has 0 aliphatic rings. The Morgan fingerprint density at radius 3 is 2.89 bits per heavy atom. The molecule has 0 radical (unpaired) electrons. The maximum atomic E-state index is 11.9. The summed E-state index contributed by atoms with van der Waals surface area (Å²) in [7, 11) is 1.51. The Balaban J connectivity index is 2.76. The molecule has 6 heteroatoms. The predicted octanol–water partition coefficient (Wildman–Crippen LogP) is 0.102. The number of carbonyl (C=O) groups excluding carboxylic acids is 1. The van der Waals surface area contributed by atoms with E-state index < -0.39 is 5.91 Å². The lowest BCUT2D eigenvalue weighted by Gasteiger charge is -2.17. The maximum absolute atomic E-state index is 11.9. The van der Waals surface area contributed by atoms with Crippen LogP contribution in [0.2, 0.25) is 0 Å². The average Bonchev–Trinajstić information content (AvgIpc) is 2.33. The predicted molar refractivity (Wildman–Crippen MR) is 67.4 cm³/mol. The molecule has 0 saturated carbocycles. The number of phenols is 1. The number of rotatable bonds is 6. The molecule has 1 unspecified atom stereocenters. The van der Waals surface area contributed by atoms with E-state index in [1.165, 1.54) is 25.3 Å². The highest BCUT2D eigenvalue weighted by Gasteiger charge is 2.15. The molecule has 0 aromatic heterocycles. The lowest BCUT2D eigenvalue weighted by Crippen LogP contribution is -2.39. The maximum Gasteiger partial charge on any atom is 0.253 e. The third-order valence-electron chi connectivity index (χ3n) is 2.46. The van der Waals surface area contributed by atoms with Crippen LogP contribution in [0.4, 0.5) is 5.69 Å². The van der Waals surface area contributed by atoms with E-state index in [-0.39, 0.29) is 29.6 Å². The minimum atomic E-state index is -0.404. The van der Waals surface area contributed by atoms with E-state index in [1.807, 2.05) is 0 Å². The Bertz CT molecular complexity index is 403. The van der Waals surface area contributed by atoms with E-state index in [1.54, 1.807) is 0 Å². The molecule has 1 amide bonds. The van der Waals surface area contributed by atoms with Crippen molar-refractivity contribution in [2.24, 2.45) is 0 Å². The highest BCUT2D eigenvalue weighted by atomic mass is 16.5. The average molecular weight is 254 g/mol. The molecule has 0 fully saturated rings. The van der Waals surface area contributed by atoms with Gasteiger partial charge in [0.25, 0.3) is 5.91 Å². The highest BCUT2D eigenvalue weighted by molar-refractivity contribution is 5.99. The van der Waals surface area contributed by atoms with Crippen LogP contribution in [-0.4, -0.2) is 42.5 Å². The first-order chi connectivity index (χ1) is 8.58. The SMILES string of the molecule is COCC(CCO)NC(=O)c1cc(O)ccc1N. The monoisotopic (exact) mass is 254 g/mol. The Labute approximate surface area is 105 Å². The van der Waals surface area contributed by atoms with Crippen molar-refractivity contribution in [1.29, 1.82) is 0 Å². The lowest BCUT2D eigenvalue weighted by molar-refractivity contribution is 0.0879. The number of nitrogen functional groups attached to an aromatic ring is 1. The summed E-state index contributed by atoms with van der Waals surface area (Å²) in [4.78, 5) is 11.9. The van der Waals surface area contributed by atoms with Gasteiger partial charge in [0.1, 0.15) is 5.75 Å². The zero-order chi connectivity index (χ0) is 13.5. The molecule has 0 heterocycles. The number of carbonyl (C=O) groups is 1. The van der Waals surface area contributed by atoms with Crippen molar-refractivity contribution in [3.8, 4) is 5.75 Å². The Morgan fingerprint density at radius 1 is 1.56 bits per heavy atom. The van der Waals surface area contributed by atoms with Crippen molar-refractivity contribution in [1.82, 2.24) is 5.32 Å². The van der Waals surface area contributed by atoms with E-state index in [0.29, 0.717) is 13.0 Å². The highest BCUT2D eigenvalue weighted by Crippen LogP contribution is 2.18. The van der Waals surface area contributed by atoms with Crippen LogP contribution in [0.5, 0.6) is 5.75 Å². The molecule has 0 aliphatic carbocycles. The number of nitrogens with two attached hydrogens (primary N) is 1. The van der Waals surface area contributed by atoms with E-state index in [4.69, 9.17) is 15.6 Å². The number of aliphatic hydroxyl groups is 1. The van der Waals surface area contributed by atoms with Crippen molar-refractivity contribution < 1.29 is 19.7 Å². The summed E-state index contributed by atoms with van der Waals surface area (Å²) in [5.74, 6) is -0.432. The van der Waals surface area contributed by atoms with Gasteiger partial charge in [-0.15, -0.1) is 0 Å². The summed E-state index contributed by atoms with van der Waals surface area (Å²) < 4.78 is 4.94. The number of hydrogen-bond donors (Lipinski definition) is 4. The first-order valence-corrected chi connectivity index (χ1v) is 5.57. The first kappa shape index (κ1) is 14.3. The van der Waals surface area contributed by atoms with Gasteiger partial charge in [-0.2, -0.15) is 0 Å². The summed E-state index contributed by atoms with van der Waals surface area (Å²) in [6, 6.07) is 3.87. The van der Waals surface area contributed by atoms with Gasteiger partial charge in [-0.3, -0.25) is 4.79 Å². The van der Waals surface area contributed by atoms with E-state index >= 15 is 0 Å². The number of aliphatic hydroxyl groups excluding tert-OH is 1. The van der Waals surface area contributed by atoms with Gasteiger partial charge in [-0.05, 0) is 24.6 Å². The molecular formula is C12H18N2O4. The smallest absolute Gasteiger partial charge is 0.253 e. The van der Waals surface area contributed by atoms with Crippen LogP contribution < -0.4 is 11.1 Å². The number of methoxy groups -OCH3 is 1. The number of amides is 1. The lowest BCUT2D eigenvalue weighted by atomic mass is 10.1. The fourth-order valence-electron chi connectivity index (χ4n) is 1.56. The van der Waals surface area contributed by atoms with Crippen LogP contribution >= 0.6 is 0 Å². The third kappa shape index (κ3) is 3.90. The molecule has 1 aromatic rings. The summed E-state index contributed by atoms with van der Waals surface area (Å²) >= 11 is 0. The molecule has 1 aromatic carbocycles. The Hall–Kier alpha value is -1.79. The molecule has 18 heavy (non-hydrogen) atoms. The van der Waals surface area contributed by atoms with Crippen LogP contribution in [0.3, 0.4) is 0 Å². The van der Waals surface area contributed by atoms with Crippen LogP contribution in [-0.2, 0) is 4.74 Å². The largest absolute Gasteiger partial charge is 0.508 e. The summed E-state index contributed by atoms with van der Waals surface area (Å²) in [6.45, 7) is 0.245. The fourth-order valence-corrected chi connectivity index (χ4v) is 1.56. The van der Waals surface area contributed by atoms with Gasteiger partial charge in [0.05, 0.1) is 18.2 Å². The molecule has 0 saturated heterocycles. The van der Waals surface area contributed by atoms with E-state index in [9.17, 15) is 9.90 Å². The topological polar surface area (TPSA) is 105 Å². The van der Waals surface area contributed by atoms with Crippen molar-refractivity contribution in [2.45, 2.75) is 12.5 Å². The number of hydrogen-bond acceptors (Lipinski definition) is 5. The number of anilines is 1.